The predicted molar refractivity (Wildman–Crippen MR) is 86.2 cm³/mol. The lowest BCUT2D eigenvalue weighted by molar-refractivity contribution is 0.0955. The third-order valence-corrected chi connectivity index (χ3v) is 4.72. The van der Waals surface area contributed by atoms with Crippen LogP contribution < -0.4 is 4.74 Å². The number of hydrogen-bond donors (Lipinski definition) is 0. The molecule has 1 nitrogen and oxygen atoms in total. The first kappa shape index (κ1) is 13.2. The van der Waals surface area contributed by atoms with E-state index in [1.807, 2.05) is 24.3 Å². The van der Waals surface area contributed by atoms with Crippen molar-refractivity contribution in [3.63, 3.8) is 0 Å². The summed E-state index contributed by atoms with van der Waals surface area (Å²) < 4.78 is 6.36. The van der Waals surface area contributed by atoms with E-state index in [0.29, 0.717) is 6.42 Å². The molecule has 0 N–H and O–H groups in total. The number of rotatable bonds is 4. The van der Waals surface area contributed by atoms with Gasteiger partial charge in [-0.25, -0.2) is 0 Å². The van der Waals surface area contributed by atoms with Crippen molar-refractivity contribution in [2.75, 3.05) is 0 Å². The van der Waals surface area contributed by atoms with Crippen LogP contribution in [0.1, 0.15) is 18.2 Å². The third kappa shape index (κ3) is 2.32. The lowest BCUT2D eigenvalue weighted by Gasteiger charge is -2.29. The quantitative estimate of drug-likeness (QED) is 0.620. The summed E-state index contributed by atoms with van der Waals surface area (Å²) in [6.45, 7) is 6.18. The molecular weight excluding hydrogens is 264 g/mol. The van der Waals surface area contributed by atoms with E-state index in [9.17, 15) is 0 Å². The van der Waals surface area contributed by atoms with Gasteiger partial charge in [0.15, 0.2) is 0 Å². The molecule has 0 aliphatic heterocycles. The average Bonchev–Trinajstić information content (AvgIpc) is 3.02. The zero-order chi connectivity index (χ0) is 14.0. The van der Waals surface area contributed by atoms with Gasteiger partial charge in [0.05, 0.1) is 0 Å². The highest BCUT2D eigenvalue weighted by molar-refractivity contribution is 7.10. The lowest BCUT2D eigenvalue weighted by atomic mass is 10.0. The number of ether oxygens (including phenoxy) is 1. The Hall–Kier alpha value is -1.80. The highest BCUT2D eigenvalue weighted by atomic mass is 32.1. The summed E-state index contributed by atoms with van der Waals surface area (Å²) in [6, 6.07) is 18.6. The molecule has 0 bridgehead atoms. The van der Waals surface area contributed by atoms with E-state index in [-0.39, 0.29) is 5.60 Å². The zero-order valence-electron chi connectivity index (χ0n) is 11.5. The molecule has 1 heterocycles. The third-order valence-electron chi connectivity index (χ3n) is 3.60. The van der Waals surface area contributed by atoms with Crippen molar-refractivity contribution in [1.29, 1.82) is 0 Å². The average molecular weight is 281 g/mol. The number of hydrogen-bond acceptors (Lipinski definition) is 2. The Morgan fingerprint density at radius 1 is 1.05 bits per heavy atom. The van der Waals surface area contributed by atoms with Crippen molar-refractivity contribution >= 4 is 22.1 Å². The second-order valence-corrected chi connectivity index (χ2v) is 5.99. The normalized spacial score (nSPS) is 14.1. The summed E-state index contributed by atoms with van der Waals surface area (Å²) >= 11 is 1.71. The molecule has 1 radical (unpaired) electrons. The molecule has 101 valence electrons. The van der Waals surface area contributed by atoms with E-state index in [1.54, 1.807) is 11.3 Å². The van der Waals surface area contributed by atoms with E-state index in [0.717, 1.165) is 11.1 Å². The molecule has 20 heavy (non-hydrogen) atoms. The van der Waals surface area contributed by atoms with Crippen LogP contribution in [0.15, 0.2) is 60.0 Å². The molecule has 0 aliphatic rings. The summed E-state index contributed by atoms with van der Waals surface area (Å²) in [4.78, 5) is 1.21. The van der Waals surface area contributed by atoms with Crippen LogP contribution >= 0.6 is 11.3 Å². The second-order valence-electron chi connectivity index (χ2n) is 5.04. The maximum atomic E-state index is 6.36. The summed E-state index contributed by atoms with van der Waals surface area (Å²) in [5.41, 5.74) is -0.377. The molecule has 0 aliphatic carbocycles. The SMILES string of the molecule is [CH2]C[C@](C)(Oc1cccc2ccccc12)c1cccs1. The van der Waals surface area contributed by atoms with Gasteiger partial charge in [0.2, 0.25) is 0 Å². The Bertz CT molecular complexity index is 697. The van der Waals surface area contributed by atoms with Gasteiger partial charge >= 0.3 is 0 Å². The zero-order valence-corrected chi connectivity index (χ0v) is 12.3. The molecule has 0 unspecified atom stereocenters. The van der Waals surface area contributed by atoms with Gasteiger partial charge in [-0.15, -0.1) is 11.3 Å². The molecule has 0 fully saturated rings. The highest BCUT2D eigenvalue weighted by Crippen LogP contribution is 2.36. The summed E-state index contributed by atoms with van der Waals surface area (Å²) in [5.74, 6) is 0.919. The van der Waals surface area contributed by atoms with Gasteiger partial charge in [-0.05, 0) is 43.2 Å². The topological polar surface area (TPSA) is 9.23 Å². The van der Waals surface area contributed by atoms with Gasteiger partial charge in [0.25, 0.3) is 0 Å². The standard InChI is InChI=1S/C18H17OS/c1-3-18(2,17-12-7-13-20-17)19-16-11-6-9-14-8-4-5-10-15(14)16/h4-13H,1,3H2,2H3/t18-/m0/s1. The largest absolute Gasteiger partial charge is 0.481 e. The van der Waals surface area contributed by atoms with Gasteiger partial charge in [-0.2, -0.15) is 0 Å². The fourth-order valence-corrected chi connectivity index (χ4v) is 3.19. The Kier molecular flexibility index (Phi) is 3.49. The highest BCUT2D eigenvalue weighted by Gasteiger charge is 2.28. The van der Waals surface area contributed by atoms with Gasteiger partial charge in [-0.1, -0.05) is 42.5 Å². The molecular formula is C18H17OS. The van der Waals surface area contributed by atoms with E-state index < -0.39 is 0 Å². The van der Waals surface area contributed by atoms with Gasteiger partial charge < -0.3 is 4.74 Å². The van der Waals surface area contributed by atoms with Crippen LogP contribution in [0.3, 0.4) is 0 Å². The van der Waals surface area contributed by atoms with Crippen molar-refractivity contribution in [2.45, 2.75) is 18.9 Å². The van der Waals surface area contributed by atoms with Crippen molar-refractivity contribution in [3.05, 3.63) is 71.8 Å². The maximum absolute atomic E-state index is 6.36. The van der Waals surface area contributed by atoms with Crippen molar-refractivity contribution in [3.8, 4) is 5.75 Å². The van der Waals surface area contributed by atoms with Crippen LogP contribution in [0.5, 0.6) is 5.75 Å². The maximum Gasteiger partial charge on any atom is 0.140 e. The summed E-state index contributed by atoms with van der Waals surface area (Å²) in [6.07, 6.45) is 0.691. The molecule has 2 heteroatoms. The molecule has 0 spiro atoms. The number of thiophene rings is 1. The van der Waals surface area contributed by atoms with Crippen LogP contribution in [0.2, 0.25) is 0 Å². The first-order valence-corrected chi connectivity index (χ1v) is 7.61. The molecule has 1 atom stereocenters. The fourth-order valence-electron chi connectivity index (χ4n) is 2.33. The minimum absolute atomic E-state index is 0.377. The Morgan fingerprint density at radius 2 is 1.85 bits per heavy atom. The first-order chi connectivity index (χ1) is 9.73. The minimum atomic E-state index is -0.377. The first-order valence-electron chi connectivity index (χ1n) is 6.73. The summed E-state index contributed by atoms with van der Waals surface area (Å²) in [7, 11) is 0. The number of fused-ring (bicyclic) bond motifs is 1. The van der Waals surface area contributed by atoms with Gasteiger partial charge in [0, 0.05) is 10.3 Å². The smallest absolute Gasteiger partial charge is 0.140 e. The molecule has 3 aromatic rings. The molecule has 0 saturated heterocycles. The van der Waals surface area contributed by atoms with Crippen LogP contribution in [0, 0.1) is 6.92 Å². The Morgan fingerprint density at radius 3 is 2.60 bits per heavy atom. The molecule has 2 aromatic carbocycles. The van der Waals surface area contributed by atoms with Crippen LogP contribution in [0.4, 0.5) is 0 Å². The Balaban J connectivity index is 2.04. The van der Waals surface area contributed by atoms with Crippen LogP contribution in [-0.4, -0.2) is 0 Å². The minimum Gasteiger partial charge on any atom is -0.481 e. The van der Waals surface area contributed by atoms with Gasteiger partial charge in [0.1, 0.15) is 11.4 Å². The van der Waals surface area contributed by atoms with E-state index >= 15 is 0 Å². The van der Waals surface area contributed by atoms with Crippen molar-refractivity contribution in [2.24, 2.45) is 0 Å². The van der Waals surface area contributed by atoms with Crippen molar-refractivity contribution < 1.29 is 4.74 Å². The van der Waals surface area contributed by atoms with Crippen LogP contribution in [0.25, 0.3) is 10.8 Å². The second kappa shape index (κ2) is 5.29. The monoisotopic (exact) mass is 281 g/mol. The van der Waals surface area contributed by atoms with E-state index in [1.165, 1.54) is 10.3 Å². The molecule has 0 saturated carbocycles. The molecule has 1 aromatic heterocycles. The Labute approximate surface area is 123 Å². The van der Waals surface area contributed by atoms with Gasteiger partial charge in [-0.3, -0.25) is 0 Å². The lowest BCUT2D eigenvalue weighted by Crippen LogP contribution is -2.27. The van der Waals surface area contributed by atoms with Crippen molar-refractivity contribution in [1.82, 2.24) is 0 Å². The fraction of sp³-hybridized carbons (Fsp3) is 0.167. The van der Waals surface area contributed by atoms with E-state index in [4.69, 9.17) is 4.74 Å². The molecule has 3 rings (SSSR count). The predicted octanol–water partition coefficient (Wildman–Crippen LogP) is 5.42. The molecule has 0 amide bonds. The van der Waals surface area contributed by atoms with E-state index in [2.05, 4.69) is 49.6 Å². The number of benzene rings is 2. The van der Waals surface area contributed by atoms with Crippen LogP contribution in [-0.2, 0) is 5.60 Å². The summed E-state index contributed by atoms with van der Waals surface area (Å²) in [5, 5.41) is 4.42.